The Hall–Kier alpha value is -3.47. The largest absolute Gasteiger partial charge is 0.507 e. The van der Waals surface area contributed by atoms with Crippen LogP contribution < -0.4 is 14.2 Å². The van der Waals surface area contributed by atoms with E-state index < -0.39 is 0 Å². The summed E-state index contributed by atoms with van der Waals surface area (Å²) in [7, 11) is 4.49. The van der Waals surface area contributed by atoms with E-state index in [0.29, 0.717) is 28.4 Å². The van der Waals surface area contributed by atoms with Crippen molar-refractivity contribution < 1.29 is 24.1 Å². The summed E-state index contributed by atoms with van der Waals surface area (Å²) in [5.41, 5.74) is 0.954. The van der Waals surface area contributed by atoms with Crippen LogP contribution in [0.3, 0.4) is 0 Å². The molecule has 0 aliphatic heterocycles. The number of aromatic hydroxyl groups is 1. The summed E-state index contributed by atoms with van der Waals surface area (Å²) >= 11 is 0. The lowest BCUT2D eigenvalue weighted by molar-refractivity contribution is 0.104. The van der Waals surface area contributed by atoms with E-state index >= 15 is 0 Å². The number of phenolic OH excluding ortho intramolecular Hbond substituents is 1. The highest BCUT2D eigenvalue weighted by Crippen LogP contribution is 2.38. The smallest absolute Gasteiger partial charge is 0.203 e. The Morgan fingerprint density at radius 3 is 2.22 bits per heavy atom. The maximum atomic E-state index is 12.6. The molecule has 0 saturated carbocycles. The first kappa shape index (κ1) is 18.3. The van der Waals surface area contributed by atoms with Crippen LogP contribution in [0.15, 0.2) is 54.6 Å². The molecule has 0 radical (unpaired) electrons. The standard InChI is InChI=1S/C22H20O5/c1-25-19-12-16(13-20(26-2)22(19)27-3)18(23)11-10-15-9-8-14-6-4-5-7-17(14)21(15)24/h4-13,24H,1-3H3. The summed E-state index contributed by atoms with van der Waals surface area (Å²) in [6.07, 6.45) is 3.00. The van der Waals surface area contributed by atoms with E-state index in [-0.39, 0.29) is 11.5 Å². The van der Waals surface area contributed by atoms with Crippen LogP contribution in [0.5, 0.6) is 23.0 Å². The van der Waals surface area contributed by atoms with Gasteiger partial charge in [0.25, 0.3) is 0 Å². The molecule has 0 spiro atoms. The third kappa shape index (κ3) is 3.58. The maximum absolute atomic E-state index is 12.6. The molecule has 3 rings (SSSR count). The van der Waals surface area contributed by atoms with Crippen LogP contribution in [0.2, 0.25) is 0 Å². The molecule has 138 valence electrons. The molecule has 3 aromatic carbocycles. The van der Waals surface area contributed by atoms with Gasteiger partial charge in [-0.3, -0.25) is 4.79 Å². The van der Waals surface area contributed by atoms with E-state index in [1.165, 1.54) is 27.4 Å². The highest BCUT2D eigenvalue weighted by Gasteiger charge is 2.16. The van der Waals surface area contributed by atoms with Gasteiger partial charge in [0, 0.05) is 16.5 Å². The molecule has 1 N–H and O–H groups in total. The average molecular weight is 364 g/mol. The molecule has 0 aliphatic carbocycles. The van der Waals surface area contributed by atoms with Gasteiger partial charge in [-0.25, -0.2) is 0 Å². The minimum absolute atomic E-state index is 0.141. The summed E-state index contributed by atoms with van der Waals surface area (Å²) in [4.78, 5) is 12.6. The van der Waals surface area contributed by atoms with Crippen LogP contribution in [0.1, 0.15) is 15.9 Å². The Morgan fingerprint density at radius 1 is 0.926 bits per heavy atom. The third-order valence-corrected chi connectivity index (χ3v) is 4.30. The lowest BCUT2D eigenvalue weighted by Gasteiger charge is -2.13. The van der Waals surface area contributed by atoms with E-state index in [0.717, 1.165) is 10.8 Å². The van der Waals surface area contributed by atoms with Gasteiger partial charge >= 0.3 is 0 Å². The number of ether oxygens (including phenoxy) is 3. The fourth-order valence-corrected chi connectivity index (χ4v) is 2.89. The molecule has 0 heterocycles. The quantitative estimate of drug-likeness (QED) is 0.516. The minimum Gasteiger partial charge on any atom is -0.507 e. The van der Waals surface area contributed by atoms with E-state index in [1.807, 2.05) is 30.3 Å². The zero-order chi connectivity index (χ0) is 19.4. The number of rotatable bonds is 6. The summed E-state index contributed by atoms with van der Waals surface area (Å²) in [5, 5.41) is 12.1. The lowest BCUT2D eigenvalue weighted by atomic mass is 10.0. The summed E-state index contributed by atoms with van der Waals surface area (Å²) < 4.78 is 15.8. The van der Waals surface area contributed by atoms with Gasteiger partial charge < -0.3 is 19.3 Å². The van der Waals surface area contributed by atoms with Crippen LogP contribution in [-0.4, -0.2) is 32.2 Å². The number of fused-ring (bicyclic) bond motifs is 1. The first-order valence-corrected chi connectivity index (χ1v) is 8.32. The third-order valence-electron chi connectivity index (χ3n) is 4.30. The summed E-state index contributed by atoms with van der Waals surface area (Å²) in [6.45, 7) is 0. The topological polar surface area (TPSA) is 65.0 Å². The number of methoxy groups -OCH3 is 3. The number of phenols is 1. The number of benzene rings is 3. The Balaban J connectivity index is 1.95. The minimum atomic E-state index is -0.248. The number of ketones is 1. The fourth-order valence-electron chi connectivity index (χ4n) is 2.89. The number of allylic oxidation sites excluding steroid dienone is 1. The Kier molecular flexibility index (Phi) is 5.31. The number of carbonyl (C=O) groups excluding carboxylic acids is 1. The van der Waals surface area contributed by atoms with Gasteiger partial charge in [0.05, 0.1) is 21.3 Å². The van der Waals surface area contributed by atoms with Crippen molar-refractivity contribution in [1.82, 2.24) is 0 Å². The van der Waals surface area contributed by atoms with Crippen molar-refractivity contribution in [1.29, 1.82) is 0 Å². The number of hydrogen-bond acceptors (Lipinski definition) is 5. The Bertz CT molecular complexity index is 995. The van der Waals surface area contributed by atoms with Crippen molar-refractivity contribution in [2.45, 2.75) is 0 Å². The number of hydrogen-bond donors (Lipinski definition) is 1. The maximum Gasteiger partial charge on any atom is 0.203 e. The first-order chi connectivity index (χ1) is 13.1. The molecule has 0 atom stereocenters. The molecule has 0 amide bonds. The lowest BCUT2D eigenvalue weighted by Crippen LogP contribution is -2.00. The predicted octanol–water partition coefficient (Wildman–Crippen LogP) is 4.47. The molecule has 0 aromatic heterocycles. The zero-order valence-electron chi connectivity index (χ0n) is 15.4. The second kappa shape index (κ2) is 7.83. The van der Waals surface area contributed by atoms with Gasteiger partial charge in [0.2, 0.25) is 5.75 Å². The molecule has 3 aromatic rings. The van der Waals surface area contributed by atoms with Crippen LogP contribution in [0.25, 0.3) is 16.8 Å². The van der Waals surface area contributed by atoms with Crippen LogP contribution in [0, 0.1) is 0 Å². The summed E-state index contributed by atoms with van der Waals surface area (Å²) in [6, 6.07) is 14.4. The fraction of sp³-hybridized carbons (Fsp3) is 0.136. The molecular weight excluding hydrogens is 344 g/mol. The SMILES string of the molecule is COc1cc(C(=O)C=Cc2ccc3ccccc3c2O)cc(OC)c1OC. The highest BCUT2D eigenvalue weighted by molar-refractivity contribution is 6.08. The first-order valence-electron chi connectivity index (χ1n) is 8.32. The predicted molar refractivity (Wildman–Crippen MR) is 105 cm³/mol. The molecule has 5 heteroatoms. The van der Waals surface area contributed by atoms with Crippen molar-refractivity contribution >= 4 is 22.6 Å². The Morgan fingerprint density at radius 2 is 1.59 bits per heavy atom. The molecule has 0 bridgehead atoms. The van der Waals surface area contributed by atoms with E-state index in [2.05, 4.69) is 0 Å². The van der Waals surface area contributed by atoms with Crippen LogP contribution in [-0.2, 0) is 0 Å². The van der Waals surface area contributed by atoms with Crippen LogP contribution >= 0.6 is 0 Å². The Labute approximate surface area is 157 Å². The second-order valence-electron chi connectivity index (χ2n) is 5.84. The normalized spacial score (nSPS) is 10.9. The number of carbonyl (C=O) groups is 1. The van der Waals surface area contributed by atoms with Gasteiger partial charge in [-0.05, 0) is 29.7 Å². The molecular formula is C22H20O5. The summed E-state index contributed by atoms with van der Waals surface area (Å²) in [5.74, 6) is 1.13. The van der Waals surface area contributed by atoms with E-state index in [4.69, 9.17) is 14.2 Å². The van der Waals surface area contributed by atoms with Gasteiger partial charge in [-0.2, -0.15) is 0 Å². The molecule has 0 fully saturated rings. The van der Waals surface area contributed by atoms with Gasteiger partial charge in [-0.1, -0.05) is 36.4 Å². The highest BCUT2D eigenvalue weighted by atomic mass is 16.5. The molecule has 0 unspecified atom stereocenters. The van der Waals surface area contributed by atoms with E-state index in [9.17, 15) is 9.90 Å². The van der Waals surface area contributed by atoms with E-state index in [1.54, 1.807) is 24.3 Å². The van der Waals surface area contributed by atoms with Gasteiger partial charge in [-0.15, -0.1) is 0 Å². The second-order valence-corrected chi connectivity index (χ2v) is 5.84. The van der Waals surface area contributed by atoms with Crippen molar-refractivity contribution in [3.05, 3.63) is 65.7 Å². The zero-order valence-corrected chi connectivity index (χ0v) is 15.4. The van der Waals surface area contributed by atoms with Crippen molar-refractivity contribution in [3.63, 3.8) is 0 Å². The monoisotopic (exact) mass is 364 g/mol. The van der Waals surface area contributed by atoms with Crippen LogP contribution in [0.4, 0.5) is 0 Å². The van der Waals surface area contributed by atoms with Crippen molar-refractivity contribution in [3.8, 4) is 23.0 Å². The van der Waals surface area contributed by atoms with Crippen molar-refractivity contribution in [2.24, 2.45) is 0 Å². The molecule has 0 aliphatic rings. The molecule has 5 nitrogen and oxygen atoms in total. The van der Waals surface area contributed by atoms with Gasteiger partial charge in [0.1, 0.15) is 5.75 Å². The molecule has 27 heavy (non-hydrogen) atoms. The average Bonchev–Trinajstić information content (AvgIpc) is 2.72. The van der Waals surface area contributed by atoms with Crippen molar-refractivity contribution in [2.75, 3.05) is 21.3 Å². The molecule has 0 saturated heterocycles. The van der Waals surface area contributed by atoms with Gasteiger partial charge in [0.15, 0.2) is 17.3 Å².